The van der Waals surface area contributed by atoms with Gasteiger partial charge in [-0.3, -0.25) is 0 Å². The fraction of sp³-hybridized carbons (Fsp3) is 0.0625. The Kier molecular flexibility index (Phi) is 2.60. The van der Waals surface area contributed by atoms with Crippen molar-refractivity contribution in [2.75, 3.05) is 0 Å². The van der Waals surface area contributed by atoms with Gasteiger partial charge in [-0.2, -0.15) is 0 Å². The van der Waals surface area contributed by atoms with Gasteiger partial charge in [0.25, 0.3) is 0 Å². The van der Waals surface area contributed by atoms with Gasteiger partial charge in [0.2, 0.25) is 0 Å². The number of carboxylic acids is 1. The summed E-state index contributed by atoms with van der Waals surface area (Å²) in [5.41, 5.74) is 3.84. The third-order valence-corrected chi connectivity index (χ3v) is 3.28. The summed E-state index contributed by atoms with van der Waals surface area (Å²) in [6.07, 6.45) is 0. The monoisotopic (exact) mass is 252 g/mol. The minimum Gasteiger partial charge on any atom is -0.488 e. The molecule has 3 heteroatoms. The standard InChI is InChI=1S/C16H12O3/c1-10-13-5-3-2-4-12(13)9-19-15-7-6-11(16(17)18)8-14(10)15/h2-8H,1,9H2,(H,17,18). The SMILES string of the molecule is C=C1c2ccccc2COc2ccc(C(=O)O)cc21. The van der Waals surface area contributed by atoms with Crippen LogP contribution in [0.3, 0.4) is 0 Å². The molecule has 0 atom stereocenters. The zero-order chi connectivity index (χ0) is 13.4. The summed E-state index contributed by atoms with van der Waals surface area (Å²) < 4.78 is 5.73. The Balaban J connectivity index is 2.18. The Morgan fingerprint density at radius 1 is 1.16 bits per heavy atom. The molecule has 1 heterocycles. The molecule has 2 aromatic carbocycles. The molecule has 0 saturated heterocycles. The molecule has 0 aromatic heterocycles. The van der Waals surface area contributed by atoms with Crippen molar-refractivity contribution >= 4 is 11.5 Å². The molecule has 3 nitrogen and oxygen atoms in total. The number of benzene rings is 2. The average molecular weight is 252 g/mol. The maximum atomic E-state index is 11.1. The van der Waals surface area contributed by atoms with Crippen LogP contribution in [0, 0.1) is 0 Å². The Morgan fingerprint density at radius 2 is 1.95 bits per heavy atom. The Morgan fingerprint density at radius 3 is 2.74 bits per heavy atom. The fourth-order valence-electron chi connectivity index (χ4n) is 2.27. The topological polar surface area (TPSA) is 46.5 Å². The molecular weight excluding hydrogens is 240 g/mol. The molecule has 3 rings (SSSR count). The summed E-state index contributed by atoms with van der Waals surface area (Å²) in [4.78, 5) is 11.1. The van der Waals surface area contributed by atoms with Crippen LogP contribution in [0.5, 0.6) is 5.75 Å². The quantitative estimate of drug-likeness (QED) is 0.846. The minimum absolute atomic E-state index is 0.239. The van der Waals surface area contributed by atoms with Crippen LogP contribution in [0.15, 0.2) is 49.0 Å². The number of ether oxygens (including phenoxy) is 1. The summed E-state index contributed by atoms with van der Waals surface area (Å²) in [7, 11) is 0. The molecule has 1 aliphatic heterocycles. The first-order valence-electron chi connectivity index (χ1n) is 5.94. The first kappa shape index (κ1) is 11.5. The molecule has 0 unspecified atom stereocenters. The highest BCUT2D eigenvalue weighted by Crippen LogP contribution is 2.36. The predicted octanol–water partition coefficient (Wildman–Crippen LogP) is 3.34. The molecule has 19 heavy (non-hydrogen) atoms. The molecule has 0 bridgehead atoms. The van der Waals surface area contributed by atoms with E-state index < -0.39 is 5.97 Å². The van der Waals surface area contributed by atoms with Gasteiger partial charge in [0.15, 0.2) is 0 Å². The van der Waals surface area contributed by atoms with E-state index in [4.69, 9.17) is 9.84 Å². The second-order valence-electron chi connectivity index (χ2n) is 4.44. The zero-order valence-electron chi connectivity index (χ0n) is 10.2. The van der Waals surface area contributed by atoms with Gasteiger partial charge in [0.1, 0.15) is 12.4 Å². The lowest BCUT2D eigenvalue weighted by atomic mass is 9.95. The highest BCUT2D eigenvalue weighted by atomic mass is 16.5. The average Bonchev–Trinajstić information content (AvgIpc) is 2.57. The third-order valence-electron chi connectivity index (χ3n) is 3.28. The smallest absolute Gasteiger partial charge is 0.335 e. The summed E-state index contributed by atoms with van der Waals surface area (Å²) in [5.74, 6) is -0.278. The first-order chi connectivity index (χ1) is 9.16. The van der Waals surface area contributed by atoms with E-state index in [0.29, 0.717) is 12.4 Å². The lowest BCUT2D eigenvalue weighted by Crippen LogP contribution is -1.99. The Bertz CT molecular complexity index is 686. The van der Waals surface area contributed by atoms with E-state index >= 15 is 0 Å². The van der Waals surface area contributed by atoms with E-state index in [1.54, 1.807) is 18.2 Å². The summed E-state index contributed by atoms with van der Waals surface area (Å²) in [5, 5.41) is 9.07. The van der Waals surface area contributed by atoms with E-state index in [1.165, 1.54) is 0 Å². The predicted molar refractivity (Wildman–Crippen MR) is 72.3 cm³/mol. The van der Waals surface area contributed by atoms with Crippen LogP contribution in [-0.2, 0) is 6.61 Å². The molecule has 1 aliphatic rings. The largest absolute Gasteiger partial charge is 0.488 e. The number of carboxylic acid groups (broad SMARTS) is 1. The van der Waals surface area contributed by atoms with E-state index in [1.807, 2.05) is 24.3 Å². The van der Waals surface area contributed by atoms with Gasteiger partial charge < -0.3 is 9.84 Å². The third kappa shape index (κ3) is 1.89. The number of aromatic carboxylic acids is 1. The number of fused-ring (bicyclic) bond motifs is 2. The summed E-state index contributed by atoms with van der Waals surface area (Å²) in [6.45, 7) is 4.55. The van der Waals surface area contributed by atoms with Crippen molar-refractivity contribution in [3.8, 4) is 5.75 Å². The summed E-state index contributed by atoms with van der Waals surface area (Å²) in [6, 6.07) is 12.7. The van der Waals surface area contributed by atoms with Crippen LogP contribution in [0.4, 0.5) is 0 Å². The molecule has 94 valence electrons. The van der Waals surface area contributed by atoms with E-state index in [-0.39, 0.29) is 5.56 Å². The van der Waals surface area contributed by atoms with Crippen LogP contribution < -0.4 is 4.74 Å². The first-order valence-corrected chi connectivity index (χ1v) is 5.94. The second-order valence-corrected chi connectivity index (χ2v) is 4.44. The van der Waals surface area contributed by atoms with Crippen molar-refractivity contribution in [2.24, 2.45) is 0 Å². The molecule has 0 spiro atoms. The van der Waals surface area contributed by atoms with Crippen molar-refractivity contribution < 1.29 is 14.6 Å². The molecule has 2 aromatic rings. The van der Waals surface area contributed by atoms with Crippen molar-refractivity contribution in [1.29, 1.82) is 0 Å². The van der Waals surface area contributed by atoms with Crippen molar-refractivity contribution in [3.05, 3.63) is 71.3 Å². The molecular formula is C16H12O3. The Labute approximate surface area is 110 Å². The number of hydrogen-bond acceptors (Lipinski definition) is 2. The van der Waals surface area contributed by atoms with E-state index in [2.05, 4.69) is 6.58 Å². The normalized spacial score (nSPS) is 12.9. The lowest BCUT2D eigenvalue weighted by molar-refractivity contribution is 0.0697. The Hall–Kier alpha value is -2.55. The zero-order valence-corrected chi connectivity index (χ0v) is 10.2. The van der Waals surface area contributed by atoms with Gasteiger partial charge in [-0.25, -0.2) is 4.79 Å². The van der Waals surface area contributed by atoms with Gasteiger partial charge >= 0.3 is 5.97 Å². The highest BCUT2D eigenvalue weighted by Gasteiger charge is 2.18. The van der Waals surface area contributed by atoms with Crippen LogP contribution in [0.1, 0.15) is 27.0 Å². The maximum Gasteiger partial charge on any atom is 0.335 e. The van der Waals surface area contributed by atoms with E-state index in [0.717, 1.165) is 22.3 Å². The second kappa shape index (κ2) is 4.28. The minimum atomic E-state index is -0.951. The van der Waals surface area contributed by atoms with Gasteiger partial charge in [-0.15, -0.1) is 0 Å². The lowest BCUT2D eigenvalue weighted by Gasteiger charge is -2.09. The molecule has 0 aliphatic carbocycles. The van der Waals surface area contributed by atoms with Crippen LogP contribution >= 0.6 is 0 Å². The van der Waals surface area contributed by atoms with Crippen LogP contribution in [0.25, 0.3) is 5.57 Å². The maximum absolute atomic E-state index is 11.1. The van der Waals surface area contributed by atoms with Crippen LogP contribution in [0.2, 0.25) is 0 Å². The molecule has 0 amide bonds. The van der Waals surface area contributed by atoms with Crippen LogP contribution in [-0.4, -0.2) is 11.1 Å². The highest BCUT2D eigenvalue weighted by molar-refractivity contribution is 5.91. The molecule has 0 fully saturated rings. The number of hydrogen-bond donors (Lipinski definition) is 1. The molecule has 0 saturated carbocycles. The summed E-state index contributed by atoms with van der Waals surface area (Å²) >= 11 is 0. The number of rotatable bonds is 1. The van der Waals surface area contributed by atoms with Crippen molar-refractivity contribution in [1.82, 2.24) is 0 Å². The van der Waals surface area contributed by atoms with Gasteiger partial charge in [0, 0.05) is 5.56 Å². The van der Waals surface area contributed by atoms with Crippen molar-refractivity contribution in [2.45, 2.75) is 6.61 Å². The van der Waals surface area contributed by atoms with E-state index in [9.17, 15) is 4.79 Å². The van der Waals surface area contributed by atoms with Gasteiger partial charge in [-0.05, 0) is 34.9 Å². The molecule has 0 radical (unpaired) electrons. The van der Waals surface area contributed by atoms with Crippen molar-refractivity contribution in [3.63, 3.8) is 0 Å². The fourth-order valence-corrected chi connectivity index (χ4v) is 2.27. The number of carbonyl (C=O) groups is 1. The van der Waals surface area contributed by atoms with Gasteiger partial charge in [0.05, 0.1) is 5.56 Å². The van der Waals surface area contributed by atoms with Gasteiger partial charge in [-0.1, -0.05) is 30.8 Å². The molecule has 1 N–H and O–H groups in total.